The number of aromatic nitrogens is 1. The fourth-order valence-electron chi connectivity index (χ4n) is 2.44. The molecule has 1 heterocycles. The number of nitrogens with zero attached hydrogens (tertiary/aromatic N) is 1. The van der Waals surface area contributed by atoms with Gasteiger partial charge in [0.1, 0.15) is 5.69 Å². The van der Waals surface area contributed by atoms with Crippen molar-refractivity contribution in [1.29, 1.82) is 0 Å². The molecule has 2 aromatic rings. The number of aliphatic hydroxyl groups is 1. The molecule has 0 amide bonds. The summed E-state index contributed by atoms with van der Waals surface area (Å²) in [4.78, 5) is 4.24. The molecule has 0 fully saturated rings. The Morgan fingerprint density at radius 2 is 2.05 bits per heavy atom. The lowest BCUT2D eigenvalue weighted by atomic mass is 9.86. The Morgan fingerprint density at radius 3 is 2.68 bits per heavy atom. The van der Waals surface area contributed by atoms with Gasteiger partial charge in [-0.2, -0.15) is 0 Å². The molecule has 0 aliphatic carbocycles. The van der Waals surface area contributed by atoms with Crippen LogP contribution >= 0.6 is 45.8 Å². The van der Waals surface area contributed by atoms with E-state index in [0.29, 0.717) is 21.3 Å². The SMILES string of the molecule is CCC(c1ccc(Cl)cc1Cl)C(O)c1cccnc1C#CI. The minimum Gasteiger partial charge on any atom is -0.388 e. The minimum atomic E-state index is -0.732. The van der Waals surface area contributed by atoms with E-state index in [1.807, 2.05) is 41.6 Å². The molecule has 5 heteroatoms. The van der Waals surface area contributed by atoms with Crippen molar-refractivity contribution in [1.82, 2.24) is 4.98 Å². The van der Waals surface area contributed by atoms with Crippen molar-refractivity contribution in [2.24, 2.45) is 0 Å². The highest BCUT2D eigenvalue weighted by Crippen LogP contribution is 2.38. The van der Waals surface area contributed by atoms with E-state index in [1.165, 1.54) is 0 Å². The standard InChI is InChI=1S/C17H14Cl2INO/c1-2-12(13-6-5-11(18)10-15(13)19)17(22)14-4-3-9-21-16(14)7-8-20/h3-6,9-10,12,17,22H,2H2,1H3. The second-order valence-electron chi connectivity index (χ2n) is 4.79. The quantitative estimate of drug-likeness (QED) is 0.507. The van der Waals surface area contributed by atoms with Crippen molar-refractivity contribution in [2.45, 2.75) is 25.4 Å². The van der Waals surface area contributed by atoms with Gasteiger partial charge in [0.2, 0.25) is 0 Å². The number of aliphatic hydroxyl groups excluding tert-OH is 1. The highest BCUT2D eigenvalue weighted by molar-refractivity contribution is 14.1. The summed E-state index contributed by atoms with van der Waals surface area (Å²) in [7, 11) is 0. The maximum absolute atomic E-state index is 10.8. The van der Waals surface area contributed by atoms with Gasteiger partial charge < -0.3 is 5.11 Å². The molecule has 2 unspecified atom stereocenters. The lowest BCUT2D eigenvalue weighted by Crippen LogP contribution is -2.13. The van der Waals surface area contributed by atoms with Gasteiger partial charge in [0, 0.05) is 50.3 Å². The molecule has 2 nitrogen and oxygen atoms in total. The van der Waals surface area contributed by atoms with Crippen LogP contribution in [0.25, 0.3) is 0 Å². The van der Waals surface area contributed by atoms with Gasteiger partial charge >= 0.3 is 0 Å². The van der Waals surface area contributed by atoms with Crippen molar-refractivity contribution in [3.8, 4) is 9.85 Å². The van der Waals surface area contributed by atoms with Gasteiger partial charge in [0.15, 0.2) is 0 Å². The Hall–Kier alpha value is -0.800. The lowest BCUT2D eigenvalue weighted by molar-refractivity contribution is 0.142. The molecule has 0 saturated carbocycles. The monoisotopic (exact) mass is 445 g/mol. The van der Waals surface area contributed by atoms with Crippen LogP contribution in [0.3, 0.4) is 0 Å². The summed E-state index contributed by atoms with van der Waals surface area (Å²) >= 11 is 14.2. The molecule has 0 aliphatic rings. The van der Waals surface area contributed by atoms with E-state index >= 15 is 0 Å². The number of benzene rings is 1. The smallest absolute Gasteiger partial charge is 0.119 e. The molecule has 0 saturated heterocycles. The molecule has 0 aliphatic heterocycles. The highest BCUT2D eigenvalue weighted by Gasteiger charge is 2.25. The maximum atomic E-state index is 10.8. The zero-order chi connectivity index (χ0) is 16.1. The molecule has 2 atom stereocenters. The molecular weight excluding hydrogens is 432 g/mol. The van der Waals surface area contributed by atoms with Gasteiger partial charge in [-0.25, -0.2) is 4.98 Å². The summed E-state index contributed by atoms with van der Waals surface area (Å²) in [6, 6.07) is 8.99. The summed E-state index contributed by atoms with van der Waals surface area (Å²) in [6.07, 6.45) is 1.67. The molecule has 0 bridgehead atoms. The van der Waals surface area contributed by atoms with Gasteiger partial charge in [0.25, 0.3) is 0 Å². The fraction of sp³-hybridized carbons (Fsp3) is 0.235. The Bertz CT molecular complexity index is 724. The van der Waals surface area contributed by atoms with Crippen molar-refractivity contribution in [3.05, 3.63) is 63.4 Å². The maximum Gasteiger partial charge on any atom is 0.119 e. The second kappa shape index (κ2) is 8.16. The normalized spacial score (nSPS) is 13.1. The van der Waals surface area contributed by atoms with Gasteiger partial charge in [-0.3, -0.25) is 0 Å². The Morgan fingerprint density at radius 1 is 1.27 bits per heavy atom. The van der Waals surface area contributed by atoms with E-state index in [1.54, 1.807) is 24.4 Å². The topological polar surface area (TPSA) is 33.1 Å². The van der Waals surface area contributed by atoms with E-state index < -0.39 is 6.10 Å². The summed E-state index contributed by atoms with van der Waals surface area (Å²) in [6.45, 7) is 2.01. The molecule has 1 aromatic carbocycles. The van der Waals surface area contributed by atoms with Crippen LogP contribution < -0.4 is 0 Å². The largest absolute Gasteiger partial charge is 0.388 e. The first-order chi connectivity index (χ1) is 10.6. The van der Waals surface area contributed by atoms with Crippen molar-refractivity contribution >= 4 is 45.8 Å². The molecule has 22 heavy (non-hydrogen) atoms. The first-order valence-corrected chi connectivity index (χ1v) is 8.61. The van der Waals surface area contributed by atoms with E-state index in [-0.39, 0.29) is 5.92 Å². The third-order valence-corrected chi connectivity index (χ3v) is 4.34. The van der Waals surface area contributed by atoms with Crippen LogP contribution in [0.2, 0.25) is 10.0 Å². The fourth-order valence-corrected chi connectivity index (χ4v) is 3.24. The van der Waals surface area contributed by atoms with Crippen molar-refractivity contribution < 1.29 is 5.11 Å². The predicted octanol–water partition coefficient (Wildman–Crippen LogP) is 5.36. The molecule has 0 radical (unpaired) electrons. The average Bonchev–Trinajstić information content (AvgIpc) is 2.51. The summed E-state index contributed by atoms with van der Waals surface area (Å²) in [5.74, 6) is 2.77. The van der Waals surface area contributed by atoms with Crippen LogP contribution in [-0.4, -0.2) is 10.1 Å². The average molecular weight is 446 g/mol. The number of rotatable bonds is 4. The van der Waals surface area contributed by atoms with Crippen LogP contribution in [0.5, 0.6) is 0 Å². The van der Waals surface area contributed by atoms with E-state index in [0.717, 1.165) is 12.0 Å². The van der Waals surface area contributed by atoms with E-state index in [9.17, 15) is 5.11 Å². The predicted molar refractivity (Wildman–Crippen MR) is 99.6 cm³/mol. The van der Waals surface area contributed by atoms with Crippen LogP contribution in [-0.2, 0) is 0 Å². The van der Waals surface area contributed by atoms with E-state index in [2.05, 4.69) is 14.8 Å². The first-order valence-electron chi connectivity index (χ1n) is 6.78. The minimum absolute atomic E-state index is 0.149. The summed E-state index contributed by atoms with van der Waals surface area (Å²) in [5.41, 5.74) is 2.18. The van der Waals surface area contributed by atoms with Crippen molar-refractivity contribution in [3.63, 3.8) is 0 Å². The summed E-state index contributed by atoms with van der Waals surface area (Å²) in [5, 5.41) is 12.0. The van der Waals surface area contributed by atoms with Gasteiger partial charge in [-0.1, -0.05) is 42.3 Å². The van der Waals surface area contributed by atoms with Crippen LogP contribution in [0.1, 0.15) is 42.2 Å². The summed E-state index contributed by atoms with van der Waals surface area (Å²) < 4.78 is 2.80. The molecule has 0 spiro atoms. The van der Waals surface area contributed by atoms with E-state index in [4.69, 9.17) is 23.2 Å². The first kappa shape index (κ1) is 17.6. The molecule has 1 N–H and O–H groups in total. The van der Waals surface area contributed by atoms with Gasteiger partial charge in [0.05, 0.1) is 6.10 Å². The lowest BCUT2D eigenvalue weighted by Gasteiger charge is -2.24. The third-order valence-electron chi connectivity index (χ3n) is 3.51. The number of pyridine rings is 1. The Labute approximate surface area is 154 Å². The third kappa shape index (κ3) is 3.94. The molecule has 1 aromatic heterocycles. The van der Waals surface area contributed by atoms with Crippen molar-refractivity contribution in [2.75, 3.05) is 0 Å². The van der Waals surface area contributed by atoms with Gasteiger partial charge in [-0.15, -0.1) is 0 Å². The molecule has 2 rings (SSSR count). The number of halogens is 3. The van der Waals surface area contributed by atoms with Crippen LogP contribution in [0, 0.1) is 9.85 Å². The number of hydrogen-bond donors (Lipinski definition) is 1. The zero-order valence-corrected chi connectivity index (χ0v) is 15.5. The van der Waals surface area contributed by atoms with Crippen LogP contribution in [0.4, 0.5) is 0 Å². The Balaban J connectivity index is 2.44. The zero-order valence-electron chi connectivity index (χ0n) is 11.9. The number of hydrogen-bond acceptors (Lipinski definition) is 2. The van der Waals surface area contributed by atoms with Crippen LogP contribution in [0.15, 0.2) is 36.5 Å². The molecule has 114 valence electrons. The van der Waals surface area contributed by atoms with Gasteiger partial charge in [-0.05, 0) is 40.0 Å². The Kier molecular flexibility index (Phi) is 6.51. The highest BCUT2D eigenvalue weighted by atomic mass is 127. The molecular formula is C17H14Cl2INO. The second-order valence-corrected chi connectivity index (χ2v) is 6.17.